The molecule has 2 atom stereocenters. The first kappa shape index (κ1) is 10.4. The Morgan fingerprint density at radius 3 is 2.42 bits per heavy atom. The van der Waals surface area contributed by atoms with Crippen LogP contribution in [-0.2, 0) is 0 Å². The molecule has 2 unspecified atom stereocenters. The second-order valence-electron chi connectivity index (χ2n) is 5.10. The zero-order valence-electron chi connectivity index (χ0n) is 8.55. The zero-order chi connectivity index (χ0) is 9.41. The monoisotopic (exact) mass is 188 g/mol. The van der Waals surface area contributed by atoms with E-state index in [1.54, 1.807) is 0 Å². The third kappa shape index (κ3) is 2.40. The Morgan fingerprint density at radius 2 is 2.08 bits per heavy atom. The molecular formula is C10H20OS. The van der Waals surface area contributed by atoms with Gasteiger partial charge in [0.1, 0.15) is 0 Å². The summed E-state index contributed by atoms with van der Waals surface area (Å²) >= 11 is 1.89. The number of hydrogen-bond acceptors (Lipinski definition) is 2. The second kappa shape index (κ2) is 3.22. The van der Waals surface area contributed by atoms with E-state index in [-0.39, 0.29) is 5.41 Å². The fraction of sp³-hybridized carbons (Fsp3) is 1.00. The van der Waals surface area contributed by atoms with Gasteiger partial charge in [-0.2, -0.15) is 11.8 Å². The molecule has 12 heavy (non-hydrogen) atoms. The van der Waals surface area contributed by atoms with Crippen molar-refractivity contribution in [1.29, 1.82) is 0 Å². The Balaban J connectivity index is 2.60. The van der Waals surface area contributed by atoms with Crippen LogP contribution in [0.1, 0.15) is 40.5 Å². The summed E-state index contributed by atoms with van der Waals surface area (Å²) in [7, 11) is 0. The van der Waals surface area contributed by atoms with E-state index in [1.807, 2.05) is 11.8 Å². The van der Waals surface area contributed by atoms with Gasteiger partial charge in [-0.15, -0.1) is 0 Å². The van der Waals surface area contributed by atoms with Crippen molar-refractivity contribution in [3.05, 3.63) is 0 Å². The molecule has 0 amide bonds. The molecule has 1 fully saturated rings. The molecule has 2 heteroatoms. The summed E-state index contributed by atoms with van der Waals surface area (Å²) < 4.78 is 0. The summed E-state index contributed by atoms with van der Waals surface area (Å²) in [6.07, 6.45) is 1.89. The molecule has 0 spiro atoms. The molecule has 1 aliphatic rings. The highest BCUT2D eigenvalue weighted by molar-refractivity contribution is 8.00. The smallest absolute Gasteiger partial charge is 0.0776 e. The summed E-state index contributed by atoms with van der Waals surface area (Å²) in [5.74, 6) is 1.12. The Hall–Kier alpha value is 0.310. The molecule has 0 saturated carbocycles. The van der Waals surface area contributed by atoms with Crippen LogP contribution in [0.25, 0.3) is 0 Å². The minimum absolute atomic E-state index is 0.244. The lowest BCUT2D eigenvalue weighted by Gasteiger charge is -2.33. The van der Waals surface area contributed by atoms with Crippen LogP contribution in [0.2, 0.25) is 0 Å². The molecule has 1 saturated heterocycles. The van der Waals surface area contributed by atoms with Gasteiger partial charge in [0.25, 0.3) is 0 Å². The van der Waals surface area contributed by atoms with Crippen LogP contribution < -0.4 is 0 Å². The average Bonchev–Trinajstić information content (AvgIpc) is 2.08. The van der Waals surface area contributed by atoms with E-state index in [0.29, 0.717) is 5.25 Å². The van der Waals surface area contributed by atoms with Gasteiger partial charge in [0.15, 0.2) is 0 Å². The first-order chi connectivity index (χ1) is 5.33. The van der Waals surface area contributed by atoms with E-state index in [9.17, 15) is 5.11 Å². The van der Waals surface area contributed by atoms with Gasteiger partial charge in [-0.1, -0.05) is 27.7 Å². The molecule has 1 rings (SSSR count). The van der Waals surface area contributed by atoms with E-state index in [0.717, 1.165) is 18.6 Å². The van der Waals surface area contributed by atoms with E-state index < -0.39 is 5.60 Å². The predicted molar refractivity (Wildman–Crippen MR) is 55.6 cm³/mol. The fourth-order valence-corrected chi connectivity index (χ4v) is 3.26. The molecule has 0 aromatic carbocycles. The Labute approximate surface area is 79.9 Å². The van der Waals surface area contributed by atoms with Crippen molar-refractivity contribution < 1.29 is 5.11 Å². The number of aliphatic hydroxyl groups is 1. The van der Waals surface area contributed by atoms with Crippen molar-refractivity contribution in [2.24, 2.45) is 5.41 Å². The molecule has 72 valence electrons. The summed E-state index contributed by atoms with van der Waals surface area (Å²) in [5.41, 5.74) is -0.156. The Kier molecular flexibility index (Phi) is 2.79. The third-order valence-corrected chi connectivity index (χ3v) is 3.87. The summed E-state index contributed by atoms with van der Waals surface area (Å²) in [4.78, 5) is 0. The largest absolute Gasteiger partial charge is 0.389 e. The van der Waals surface area contributed by atoms with Crippen molar-refractivity contribution >= 4 is 11.8 Å². The fourth-order valence-electron chi connectivity index (χ4n) is 1.92. The van der Waals surface area contributed by atoms with Crippen LogP contribution in [0, 0.1) is 5.41 Å². The normalized spacial score (nSPS) is 37.2. The summed E-state index contributed by atoms with van der Waals surface area (Å²) in [5, 5.41) is 10.7. The average molecular weight is 188 g/mol. The molecule has 1 N–H and O–H groups in total. The van der Waals surface area contributed by atoms with Gasteiger partial charge in [-0.05, 0) is 24.0 Å². The lowest BCUT2D eigenvalue weighted by Crippen LogP contribution is -2.38. The predicted octanol–water partition coefficient (Wildman–Crippen LogP) is 2.68. The summed E-state index contributed by atoms with van der Waals surface area (Å²) in [6.45, 7) is 8.73. The molecule has 0 aromatic heterocycles. The Bertz CT molecular complexity index is 162. The first-order valence-corrected chi connectivity index (χ1v) is 5.72. The molecule has 1 heterocycles. The van der Waals surface area contributed by atoms with Gasteiger partial charge in [-0.25, -0.2) is 0 Å². The number of rotatable bonds is 1. The van der Waals surface area contributed by atoms with Crippen molar-refractivity contribution in [2.45, 2.75) is 51.4 Å². The topological polar surface area (TPSA) is 20.2 Å². The molecule has 1 aliphatic heterocycles. The molecule has 1 nitrogen and oxygen atoms in total. The maximum atomic E-state index is 10.3. The van der Waals surface area contributed by atoms with Crippen molar-refractivity contribution in [3.63, 3.8) is 0 Å². The van der Waals surface area contributed by atoms with E-state index in [4.69, 9.17) is 0 Å². The first-order valence-electron chi connectivity index (χ1n) is 4.67. The van der Waals surface area contributed by atoms with Crippen molar-refractivity contribution in [1.82, 2.24) is 0 Å². The van der Waals surface area contributed by atoms with Gasteiger partial charge in [-0.3, -0.25) is 0 Å². The van der Waals surface area contributed by atoms with E-state index in [1.165, 1.54) is 0 Å². The van der Waals surface area contributed by atoms with Crippen LogP contribution in [0.4, 0.5) is 0 Å². The standard InChI is InChI=1S/C10H20OS/c1-8-10(11,5-6-12-8)7-9(2,3)4/h8,11H,5-7H2,1-4H3. The Morgan fingerprint density at radius 1 is 1.50 bits per heavy atom. The second-order valence-corrected chi connectivity index (χ2v) is 6.55. The highest BCUT2D eigenvalue weighted by Crippen LogP contribution is 2.42. The minimum Gasteiger partial charge on any atom is -0.389 e. The highest BCUT2D eigenvalue weighted by atomic mass is 32.2. The van der Waals surface area contributed by atoms with E-state index in [2.05, 4.69) is 27.7 Å². The van der Waals surface area contributed by atoms with Gasteiger partial charge < -0.3 is 5.11 Å². The SMILES string of the molecule is CC1SCCC1(O)CC(C)(C)C. The zero-order valence-corrected chi connectivity index (χ0v) is 9.37. The van der Waals surface area contributed by atoms with Gasteiger partial charge >= 0.3 is 0 Å². The maximum Gasteiger partial charge on any atom is 0.0776 e. The van der Waals surface area contributed by atoms with Crippen LogP contribution in [0.5, 0.6) is 0 Å². The molecule has 0 bridgehead atoms. The molecule has 0 aromatic rings. The maximum absolute atomic E-state index is 10.3. The van der Waals surface area contributed by atoms with Gasteiger partial charge in [0, 0.05) is 5.25 Å². The highest BCUT2D eigenvalue weighted by Gasteiger charge is 2.41. The van der Waals surface area contributed by atoms with Crippen molar-refractivity contribution in [3.8, 4) is 0 Å². The van der Waals surface area contributed by atoms with Gasteiger partial charge in [0.2, 0.25) is 0 Å². The van der Waals surface area contributed by atoms with Gasteiger partial charge in [0.05, 0.1) is 5.60 Å². The molecule has 0 aliphatic carbocycles. The summed E-state index contributed by atoms with van der Waals surface area (Å²) in [6, 6.07) is 0. The van der Waals surface area contributed by atoms with Crippen LogP contribution in [0.3, 0.4) is 0 Å². The van der Waals surface area contributed by atoms with Crippen LogP contribution in [0.15, 0.2) is 0 Å². The quantitative estimate of drug-likeness (QED) is 0.682. The van der Waals surface area contributed by atoms with Crippen LogP contribution >= 0.6 is 11.8 Å². The minimum atomic E-state index is -0.400. The van der Waals surface area contributed by atoms with Crippen LogP contribution in [-0.4, -0.2) is 21.7 Å². The molecule has 0 radical (unpaired) electrons. The lowest BCUT2D eigenvalue weighted by atomic mass is 9.79. The van der Waals surface area contributed by atoms with E-state index >= 15 is 0 Å². The van der Waals surface area contributed by atoms with Crippen molar-refractivity contribution in [2.75, 3.05) is 5.75 Å². The molecular weight excluding hydrogens is 168 g/mol. The number of thioether (sulfide) groups is 1. The third-order valence-electron chi connectivity index (χ3n) is 2.50. The lowest BCUT2D eigenvalue weighted by molar-refractivity contribution is 0.00700. The number of hydrogen-bond donors (Lipinski definition) is 1.